The van der Waals surface area contributed by atoms with Crippen molar-refractivity contribution >= 4 is 17.2 Å². The number of hydrogen-bond donors (Lipinski definition) is 1. The Balaban J connectivity index is 2.41. The fourth-order valence-corrected chi connectivity index (χ4v) is 1.76. The molecule has 0 bridgehead atoms. The molecule has 0 aromatic carbocycles. The number of pyridine rings is 1. The molecule has 0 atom stereocenters. The average Bonchev–Trinajstić information content (AvgIpc) is 2.82. The first kappa shape index (κ1) is 12.6. The highest BCUT2D eigenvalue weighted by Gasteiger charge is 2.09. The molecule has 2 heterocycles. The molecule has 0 fully saturated rings. The Labute approximate surface area is 111 Å². The van der Waals surface area contributed by atoms with Gasteiger partial charge in [0, 0.05) is 12.8 Å². The molecule has 0 spiro atoms. The van der Waals surface area contributed by atoms with E-state index in [9.17, 15) is 0 Å². The predicted octanol–water partition coefficient (Wildman–Crippen LogP) is 1.42. The van der Waals surface area contributed by atoms with Gasteiger partial charge in [-0.1, -0.05) is 26.1 Å². The van der Waals surface area contributed by atoms with Crippen molar-refractivity contribution in [2.75, 3.05) is 0 Å². The molecule has 0 aliphatic heterocycles. The molecule has 0 unspecified atom stereocenters. The maximum atomic E-state index is 5.52. The molecule has 0 saturated carbocycles. The lowest BCUT2D eigenvalue weighted by Crippen LogP contribution is -2.12. The van der Waals surface area contributed by atoms with Gasteiger partial charge in [0.2, 0.25) is 0 Å². The van der Waals surface area contributed by atoms with Gasteiger partial charge in [0.15, 0.2) is 5.82 Å². The zero-order chi connectivity index (χ0) is 13.1. The van der Waals surface area contributed by atoms with Gasteiger partial charge in [0.25, 0.3) is 0 Å². The van der Waals surface area contributed by atoms with E-state index in [1.165, 1.54) is 0 Å². The van der Waals surface area contributed by atoms with E-state index in [1.807, 2.05) is 17.7 Å². The van der Waals surface area contributed by atoms with Crippen LogP contribution < -0.4 is 5.73 Å². The van der Waals surface area contributed by atoms with Gasteiger partial charge in [-0.15, -0.1) is 0 Å². The Kier molecular flexibility index (Phi) is 3.66. The van der Waals surface area contributed by atoms with E-state index in [2.05, 4.69) is 22.0 Å². The van der Waals surface area contributed by atoms with Gasteiger partial charge < -0.3 is 5.73 Å². The fraction of sp³-hybridized carbons (Fsp3) is 0.333. The minimum Gasteiger partial charge on any atom is -0.388 e. The highest BCUT2D eigenvalue weighted by molar-refractivity contribution is 7.80. The number of rotatable bonds is 4. The zero-order valence-electron chi connectivity index (χ0n) is 10.4. The van der Waals surface area contributed by atoms with Crippen molar-refractivity contribution in [2.24, 2.45) is 5.73 Å². The second kappa shape index (κ2) is 5.22. The third-order valence-electron chi connectivity index (χ3n) is 2.60. The monoisotopic (exact) mass is 261 g/mol. The maximum Gasteiger partial charge on any atom is 0.151 e. The van der Waals surface area contributed by atoms with Crippen LogP contribution in [-0.4, -0.2) is 24.7 Å². The summed E-state index contributed by atoms with van der Waals surface area (Å²) in [6, 6.07) is 3.69. The Morgan fingerprint density at radius 1 is 1.33 bits per heavy atom. The van der Waals surface area contributed by atoms with Gasteiger partial charge >= 0.3 is 0 Å². The number of nitrogens with zero attached hydrogens (tertiary/aromatic N) is 4. The lowest BCUT2D eigenvalue weighted by atomic mass is 10.3. The van der Waals surface area contributed by atoms with Crippen molar-refractivity contribution < 1.29 is 0 Å². The first-order chi connectivity index (χ1) is 8.65. The summed E-state index contributed by atoms with van der Waals surface area (Å²) in [5.41, 5.74) is 7.01. The summed E-state index contributed by atoms with van der Waals surface area (Å²) in [5, 5.41) is 4.45. The number of aryl methyl sites for hydroxylation is 2. The van der Waals surface area contributed by atoms with Gasteiger partial charge in [0.1, 0.15) is 10.8 Å². The summed E-state index contributed by atoms with van der Waals surface area (Å²) in [7, 11) is 0. The van der Waals surface area contributed by atoms with Gasteiger partial charge in [-0.05, 0) is 12.1 Å². The third-order valence-corrected chi connectivity index (χ3v) is 2.80. The van der Waals surface area contributed by atoms with E-state index in [4.69, 9.17) is 18.0 Å². The van der Waals surface area contributed by atoms with Crippen LogP contribution in [0, 0.1) is 0 Å². The van der Waals surface area contributed by atoms with Gasteiger partial charge in [-0.3, -0.25) is 4.98 Å². The van der Waals surface area contributed by atoms with E-state index >= 15 is 0 Å². The SMILES string of the molecule is CCc1nc(CC)n(-c2ccc(C(N)=S)nc2)n1. The lowest BCUT2D eigenvalue weighted by molar-refractivity contribution is 0.787. The van der Waals surface area contributed by atoms with Crippen LogP contribution in [0.4, 0.5) is 0 Å². The smallest absolute Gasteiger partial charge is 0.151 e. The van der Waals surface area contributed by atoms with Gasteiger partial charge in [-0.2, -0.15) is 5.10 Å². The van der Waals surface area contributed by atoms with Crippen LogP contribution in [0.2, 0.25) is 0 Å². The van der Waals surface area contributed by atoms with Crippen molar-refractivity contribution in [3.8, 4) is 5.69 Å². The van der Waals surface area contributed by atoms with Gasteiger partial charge in [0.05, 0.1) is 17.6 Å². The molecule has 2 aromatic heterocycles. The molecular weight excluding hydrogens is 246 g/mol. The summed E-state index contributed by atoms with van der Waals surface area (Å²) in [4.78, 5) is 8.96. The normalized spacial score (nSPS) is 10.6. The van der Waals surface area contributed by atoms with Crippen LogP contribution in [0.15, 0.2) is 18.3 Å². The van der Waals surface area contributed by atoms with Crippen LogP contribution in [0.3, 0.4) is 0 Å². The number of hydrogen-bond acceptors (Lipinski definition) is 4. The maximum absolute atomic E-state index is 5.52. The molecule has 2 N–H and O–H groups in total. The second-order valence-corrected chi connectivity index (χ2v) is 4.27. The third kappa shape index (κ3) is 2.38. The van der Waals surface area contributed by atoms with Crippen molar-refractivity contribution in [2.45, 2.75) is 26.7 Å². The molecule has 0 radical (unpaired) electrons. The van der Waals surface area contributed by atoms with Crippen molar-refractivity contribution in [1.29, 1.82) is 0 Å². The number of thiocarbonyl (C=S) groups is 1. The molecule has 0 aliphatic carbocycles. The summed E-state index contributed by atoms with van der Waals surface area (Å²) in [6.45, 7) is 4.09. The van der Waals surface area contributed by atoms with Crippen molar-refractivity contribution in [1.82, 2.24) is 19.7 Å². The van der Waals surface area contributed by atoms with E-state index in [-0.39, 0.29) is 0 Å². The molecule has 2 aromatic rings. The first-order valence-electron chi connectivity index (χ1n) is 5.86. The number of aromatic nitrogens is 4. The largest absolute Gasteiger partial charge is 0.388 e. The minimum absolute atomic E-state index is 0.296. The molecule has 2 rings (SSSR count). The lowest BCUT2D eigenvalue weighted by Gasteiger charge is -2.04. The topological polar surface area (TPSA) is 69.6 Å². The van der Waals surface area contributed by atoms with E-state index in [0.29, 0.717) is 10.7 Å². The molecule has 6 heteroatoms. The average molecular weight is 261 g/mol. The summed E-state index contributed by atoms with van der Waals surface area (Å²) in [6.07, 6.45) is 3.35. The summed E-state index contributed by atoms with van der Waals surface area (Å²) < 4.78 is 1.81. The molecule has 0 aliphatic rings. The Hall–Kier alpha value is -1.82. The predicted molar refractivity (Wildman–Crippen MR) is 73.8 cm³/mol. The van der Waals surface area contributed by atoms with Crippen LogP contribution in [0.5, 0.6) is 0 Å². The fourth-order valence-electron chi connectivity index (χ4n) is 1.63. The molecule has 5 nitrogen and oxygen atoms in total. The van der Waals surface area contributed by atoms with Crippen LogP contribution >= 0.6 is 12.2 Å². The van der Waals surface area contributed by atoms with Crippen LogP contribution in [0.1, 0.15) is 31.2 Å². The quantitative estimate of drug-likeness (QED) is 0.843. The Morgan fingerprint density at radius 2 is 2.11 bits per heavy atom. The van der Waals surface area contributed by atoms with Gasteiger partial charge in [-0.25, -0.2) is 9.67 Å². The second-order valence-electron chi connectivity index (χ2n) is 3.83. The van der Waals surface area contributed by atoms with Crippen LogP contribution in [0.25, 0.3) is 5.69 Å². The number of nitrogens with two attached hydrogens (primary N) is 1. The van der Waals surface area contributed by atoms with E-state index in [1.54, 1.807) is 12.3 Å². The summed E-state index contributed by atoms with van der Waals surface area (Å²) in [5.74, 6) is 1.77. The van der Waals surface area contributed by atoms with E-state index in [0.717, 1.165) is 30.2 Å². The highest BCUT2D eigenvalue weighted by atomic mass is 32.1. The standard InChI is InChI=1S/C12H15N5S/c1-3-10-15-11(4-2)17(16-10)8-5-6-9(12(13)18)14-7-8/h5-7H,3-4H2,1-2H3,(H2,13,18). The zero-order valence-corrected chi connectivity index (χ0v) is 11.2. The molecule has 0 saturated heterocycles. The Bertz CT molecular complexity index is 558. The van der Waals surface area contributed by atoms with Crippen molar-refractivity contribution in [3.63, 3.8) is 0 Å². The molecule has 0 amide bonds. The van der Waals surface area contributed by atoms with Crippen LogP contribution in [-0.2, 0) is 12.8 Å². The minimum atomic E-state index is 0.296. The van der Waals surface area contributed by atoms with Crippen molar-refractivity contribution in [3.05, 3.63) is 35.7 Å². The molecule has 18 heavy (non-hydrogen) atoms. The molecule has 94 valence electrons. The summed E-state index contributed by atoms with van der Waals surface area (Å²) >= 11 is 4.87. The van der Waals surface area contributed by atoms with E-state index < -0.39 is 0 Å². The Morgan fingerprint density at radius 3 is 2.61 bits per heavy atom. The highest BCUT2D eigenvalue weighted by Crippen LogP contribution is 2.10. The first-order valence-corrected chi connectivity index (χ1v) is 6.27. The molecular formula is C12H15N5S.